The molecule has 1 unspecified atom stereocenters. The number of hydrogen-bond acceptors (Lipinski definition) is 5. The number of halogens is 3. The lowest BCUT2D eigenvalue weighted by Crippen LogP contribution is -2.32. The minimum Gasteiger partial charge on any atom is -0.406 e. The number of rotatable bonds is 9. The van der Waals surface area contributed by atoms with Gasteiger partial charge < -0.3 is 15.0 Å². The Morgan fingerprint density at radius 2 is 1.77 bits per heavy atom. The van der Waals surface area contributed by atoms with Gasteiger partial charge in [-0.3, -0.25) is 4.79 Å². The maximum Gasteiger partial charge on any atom is 0.573 e. The zero-order chi connectivity index (χ0) is 25.0. The molecule has 6 nitrogen and oxygen atoms in total. The van der Waals surface area contributed by atoms with Gasteiger partial charge in [-0.2, -0.15) is 12.6 Å². The topological polar surface area (TPSA) is 83.0 Å². The molecule has 0 bridgehead atoms. The van der Waals surface area contributed by atoms with Crippen molar-refractivity contribution in [2.45, 2.75) is 25.2 Å². The predicted molar refractivity (Wildman–Crippen MR) is 129 cm³/mol. The quantitative estimate of drug-likeness (QED) is 0.326. The highest BCUT2D eigenvalue weighted by molar-refractivity contribution is 7.80. The lowest BCUT2D eigenvalue weighted by molar-refractivity contribution is -0.274. The van der Waals surface area contributed by atoms with Gasteiger partial charge in [-0.05, 0) is 41.1 Å². The second-order valence-corrected chi connectivity index (χ2v) is 8.43. The summed E-state index contributed by atoms with van der Waals surface area (Å²) >= 11 is 4.48. The minimum atomic E-state index is -4.76. The molecule has 4 rings (SSSR count). The van der Waals surface area contributed by atoms with Gasteiger partial charge in [0.2, 0.25) is 5.91 Å². The van der Waals surface area contributed by atoms with Gasteiger partial charge in [0.1, 0.15) is 17.1 Å². The molecule has 2 aromatic carbocycles. The molecule has 10 heteroatoms. The number of carbonyl (C=O) groups is 1. The third kappa shape index (κ3) is 5.94. The summed E-state index contributed by atoms with van der Waals surface area (Å²) in [7, 11) is 0. The molecule has 182 valence electrons. The summed E-state index contributed by atoms with van der Waals surface area (Å²) in [4.78, 5) is 21.7. The monoisotopic (exact) mass is 500 g/mol. The van der Waals surface area contributed by atoms with Crippen LogP contribution in [0.5, 0.6) is 5.75 Å². The Morgan fingerprint density at radius 1 is 1.06 bits per heavy atom. The molecule has 4 aromatic rings. The second kappa shape index (κ2) is 10.4. The molecule has 2 N–H and O–H groups in total. The molecule has 0 radical (unpaired) electrons. The summed E-state index contributed by atoms with van der Waals surface area (Å²) in [5.74, 6) is -0.557. The first-order chi connectivity index (χ1) is 16.7. The number of hydrogen-bond donors (Lipinski definition) is 2. The summed E-state index contributed by atoms with van der Waals surface area (Å²) in [6, 6.07) is 18.8. The summed E-state index contributed by atoms with van der Waals surface area (Å²) in [6.07, 6.45) is -2.87. The van der Waals surface area contributed by atoms with Crippen LogP contribution in [0.25, 0.3) is 11.2 Å². The molecule has 2 heterocycles. The average molecular weight is 501 g/mol. The largest absolute Gasteiger partial charge is 0.573 e. The van der Waals surface area contributed by atoms with Crippen LogP contribution in [0.4, 0.5) is 13.2 Å². The fourth-order valence-electron chi connectivity index (χ4n) is 4.11. The Kier molecular flexibility index (Phi) is 7.30. The predicted octanol–water partition coefficient (Wildman–Crippen LogP) is 4.74. The summed E-state index contributed by atoms with van der Waals surface area (Å²) in [6.45, 7) is 0.289. The second-order valence-electron chi connectivity index (χ2n) is 8.06. The van der Waals surface area contributed by atoms with E-state index in [-0.39, 0.29) is 24.6 Å². The van der Waals surface area contributed by atoms with E-state index in [1.165, 1.54) is 12.1 Å². The Bertz CT molecular complexity index is 1290. The Balaban J connectivity index is 1.67. The van der Waals surface area contributed by atoms with E-state index in [9.17, 15) is 18.0 Å². The third-order valence-corrected chi connectivity index (χ3v) is 6.15. The van der Waals surface area contributed by atoms with E-state index in [2.05, 4.69) is 22.3 Å². The number of fused-ring (bicyclic) bond motifs is 1. The lowest BCUT2D eigenvalue weighted by atomic mass is 9.84. The standard InChI is InChI=1S/C25H23F3N4O2S/c26-25(27,28)34-18-10-8-16(9-11-18)14-32-22(31-21-7-4-12-30-24(21)32)13-19(23(29)33)20(15-35)17-5-2-1-3-6-17/h1-12,19-20,35H,13-15H2,(H2,29,33)/t19?,20-/m0/s1. The normalized spacial score (nSPS) is 13.5. The van der Waals surface area contributed by atoms with Crippen LogP contribution in [0.3, 0.4) is 0 Å². The molecule has 2 atom stereocenters. The molecule has 0 saturated heterocycles. The van der Waals surface area contributed by atoms with Gasteiger partial charge in [-0.15, -0.1) is 13.2 Å². The lowest BCUT2D eigenvalue weighted by Gasteiger charge is -2.24. The van der Waals surface area contributed by atoms with Crippen molar-refractivity contribution in [1.82, 2.24) is 14.5 Å². The van der Waals surface area contributed by atoms with E-state index in [1.807, 2.05) is 41.0 Å². The van der Waals surface area contributed by atoms with Crippen molar-refractivity contribution in [1.29, 1.82) is 0 Å². The molecule has 0 fully saturated rings. The fraction of sp³-hybridized carbons (Fsp3) is 0.240. The number of amides is 1. The van der Waals surface area contributed by atoms with Crippen molar-refractivity contribution < 1.29 is 22.7 Å². The molecule has 0 aliphatic rings. The van der Waals surface area contributed by atoms with Crippen LogP contribution in [0, 0.1) is 5.92 Å². The van der Waals surface area contributed by atoms with Crippen molar-refractivity contribution in [2.24, 2.45) is 11.7 Å². The van der Waals surface area contributed by atoms with Gasteiger partial charge in [0.25, 0.3) is 0 Å². The van der Waals surface area contributed by atoms with Crippen LogP contribution in [-0.2, 0) is 17.8 Å². The van der Waals surface area contributed by atoms with Crippen LogP contribution in [0.15, 0.2) is 72.9 Å². The van der Waals surface area contributed by atoms with Gasteiger partial charge in [0.15, 0.2) is 5.65 Å². The molecular weight excluding hydrogens is 477 g/mol. The molecule has 0 aliphatic carbocycles. The Labute approximate surface area is 205 Å². The van der Waals surface area contributed by atoms with E-state index in [1.54, 1.807) is 24.4 Å². The zero-order valence-corrected chi connectivity index (χ0v) is 19.4. The van der Waals surface area contributed by atoms with Crippen LogP contribution < -0.4 is 10.5 Å². The van der Waals surface area contributed by atoms with Crippen LogP contribution in [0.1, 0.15) is 22.9 Å². The van der Waals surface area contributed by atoms with Crippen molar-refractivity contribution in [3.05, 3.63) is 89.9 Å². The third-order valence-electron chi connectivity index (χ3n) is 5.76. The first-order valence-electron chi connectivity index (χ1n) is 10.8. The maximum atomic E-state index is 12.5. The SMILES string of the molecule is NC(=O)C(Cc1nc2cccnc2n1Cc1ccc(OC(F)(F)F)cc1)[C@@H](CS)c1ccccc1. The van der Waals surface area contributed by atoms with Gasteiger partial charge in [-0.1, -0.05) is 42.5 Å². The molecule has 2 aromatic heterocycles. The van der Waals surface area contributed by atoms with Gasteiger partial charge in [-0.25, -0.2) is 9.97 Å². The van der Waals surface area contributed by atoms with Gasteiger partial charge in [0.05, 0.1) is 12.5 Å². The number of carbonyl (C=O) groups excluding carboxylic acids is 1. The van der Waals surface area contributed by atoms with Crippen LogP contribution in [-0.4, -0.2) is 32.6 Å². The number of alkyl halides is 3. The van der Waals surface area contributed by atoms with E-state index in [0.29, 0.717) is 22.7 Å². The molecule has 0 saturated carbocycles. The summed E-state index contributed by atoms with van der Waals surface area (Å²) < 4.78 is 43.3. The number of benzene rings is 2. The molecule has 35 heavy (non-hydrogen) atoms. The van der Waals surface area contributed by atoms with Crippen molar-refractivity contribution in [3.63, 3.8) is 0 Å². The first kappa shape index (κ1) is 24.6. The van der Waals surface area contributed by atoms with Crippen LogP contribution in [0.2, 0.25) is 0 Å². The van der Waals surface area contributed by atoms with E-state index in [0.717, 1.165) is 11.1 Å². The average Bonchev–Trinajstić information content (AvgIpc) is 3.17. The van der Waals surface area contributed by atoms with E-state index >= 15 is 0 Å². The number of ether oxygens (including phenoxy) is 1. The Morgan fingerprint density at radius 3 is 2.40 bits per heavy atom. The summed E-state index contributed by atoms with van der Waals surface area (Å²) in [5.41, 5.74) is 8.74. The number of nitrogens with zero attached hydrogens (tertiary/aromatic N) is 3. The highest BCUT2D eigenvalue weighted by Gasteiger charge is 2.31. The number of pyridine rings is 1. The van der Waals surface area contributed by atoms with E-state index < -0.39 is 18.2 Å². The molecule has 0 spiro atoms. The van der Waals surface area contributed by atoms with Gasteiger partial charge >= 0.3 is 6.36 Å². The molecular formula is C25H23F3N4O2S. The first-order valence-corrected chi connectivity index (χ1v) is 11.5. The Hall–Kier alpha value is -3.53. The smallest absolute Gasteiger partial charge is 0.406 e. The summed E-state index contributed by atoms with van der Waals surface area (Å²) in [5, 5.41) is 0. The van der Waals surface area contributed by atoms with E-state index in [4.69, 9.17) is 10.7 Å². The highest BCUT2D eigenvalue weighted by Crippen LogP contribution is 2.30. The van der Waals surface area contributed by atoms with Crippen molar-refractivity contribution in [2.75, 3.05) is 5.75 Å². The fourth-order valence-corrected chi connectivity index (χ4v) is 4.57. The molecule has 0 aliphatic heterocycles. The van der Waals surface area contributed by atoms with Gasteiger partial charge in [0, 0.05) is 18.5 Å². The number of nitrogens with two attached hydrogens (primary N) is 1. The zero-order valence-electron chi connectivity index (χ0n) is 18.5. The number of imidazole rings is 1. The molecule has 1 amide bonds. The number of primary amides is 1. The highest BCUT2D eigenvalue weighted by atomic mass is 32.1. The number of aromatic nitrogens is 3. The minimum absolute atomic E-state index is 0.225. The number of thiol groups is 1. The maximum absolute atomic E-state index is 12.5. The van der Waals surface area contributed by atoms with Crippen LogP contribution >= 0.6 is 12.6 Å². The van der Waals surface area contributed by atoms with Crippen molar-refractivity contribution >= 4 is 29.7 Å². The van der Waals surface area contributed by atoms with Crippen molar-refractivity contribution in [3.8, 4) is 5.75 Å².